The minimum Gasteiger partial charge on any atom is -0.166 e. The number of rotatable bonds is 1. The lowest BCUT2D eigenvalue weighted by Crippen LogP contribution is -2.05. The maximum absolute atomic E-state index is 12.3. The molecule has 0 aliphatic heterocycles. The molecule has 0 spiro atoms. The molecule has 72 valence electrons. The molecule has 0 aromatic heterocycles. The van der Waals surface area contributed by atoms with Crippen molar-refractivity contribution in [2.75, 3.05) is 6.26 Å². The van der Waals surface area contributed by atoms with Crippen LogP contribution in [-0.2, 0) is 6.18 Å². The fourth-order valence-electron chi connectivity index (χ4n) is 0.844. The van der Waals surface area contributed by atoms with E-state index < -0.39 is 11.7 Å². The van der Waals surface area contributed by atoms with E-state index in [1.807, 2.05) is 22.6 Å². The Morgan fingerprint density at radius 2 is 1.85 bits per heavy atom. The van der Waals surface area contributed by atoms with Crippen LogP contribution in [0.15, 0.2) is 23.1 Å². The molecule has 0 saturated heterocycles. The Balaban J connectivity index is 3.16. The van der Waals surface area contributed by atoms with Crippen LogP contribution in [0, 0.1) is 3.57 Å². The first-order chi connectivity index (χ1) is 5.93. The molecule has 0 heterocycles. The summed E-state index contributed by atoms with van der Waals surface area (Å²) in [7, 11) is 0. The minimum atomic E-state index is -4.24. The molecule has 0 nitrogen and oxygen atoms in total. The second kappa shape index (κ2) is 4.08. The molecule has 0 radical (unpaired) electrons. The summed E-state index contributed by atoms with van der Waals surface area (Å²) in [6.45, 7) is 0. The van der Waals surface area contributed by atoms with Crippen molar-refractivity contribution < 1.29 is 13.2 Å². The Hall–Kier alpha value is 0.0900. The van der Waals surface area contributed by atoms with Gasteiger partial charge in [0.25, 0.3) is 0 Å². The molecule has 13 heavy (non-hydrogen) atoms. The Morgan fingerprint density at radius 3 is 2.31 bits per heavy atom. The van der Waals surface area contributed by atoms with E-state index in [2.05, 4.69) is 0 Å². The summed E-state index contributed by atoms with van der Waals surface area (Å²) in [4.78, 5) is 0.638. The average molecular weight is 318 g/mol. The number of benzene rings is 1. The maximum Gasteiger partial charge on any atom is 0.416 e. The Kier molecular flexibility index (Phi) is 3.50. The van der Waals surface area contributed by atoms with Crippen LogP contribution in [0.25, 0.3) is 0 Å². The number of halogens is 4. The fraction of sp³-hybridized carbons (Fsp3) is 0.250. The average Bonchev–Trinajstić information content (AvgIpc) is 2.01. The fourth-order valence-corrected chi connectivity index (χ4v) is 2.22. The van der Waals surface area contributed by atoms with Crippen molar-refractivity contribution in [1.82, 2.24) is 0 Å². The van der Waals surface area contributed by atoms with E-state index in [0.29, 0.717) is 8.47 Å². The third-order valence-corrected chi connectivity index (χ3v) is 2.76. The molecule has 0 N–H and O–H groups in total. The molecule has 0 aliphatic rings. The quantitative estimate of drug-likeness (QED) is 0.556. The van der Waals surface area contributed by atoms with Crippen molar-refractivity contribution in [1.29, 1.82) is 0 Å². The van der Waals surface area contributed by atoms with Crippen LogP contribution in [0.1, 0.15) is 5.56 Å². The summed E-state index contributed by atoms with van der Waals surface area (Å²) < 4.78 is 37.4. The first kappa shape index (κ1) is 11.2. The van der Waals surface area contributed by atoms with Crippen LogP contribution >= 0.6 is 34.4 Å². The lowest BCUT2D eigenvalue weighted by molar-refractivity contribution is -0.137. The Labute approximate surface area is 92.0 Å². The van der Waals surface area contributed by atoms with Crippen molar-refractivity contribution in [3.8, 4) is 0 Å². The van der Waals surface area contributed by atoms with Crippen molar-refractivity contribution in [2.45, 2.75) is 11.1 Å². The largest absolute Gasteiger partial charge is 0.416 e. The highest BCUT2D eigenvalue weighted by molar-refractivity contribution is 14.1. The van der Waals surface area contributed by atoms with Crippen molar-refractivity contribution in [3.63, 3.8) is 0 Å². The van der Waals surface area contributed by atoms with Gasteiger partial charge in [-0.3, -0.25) is 0 Å². The number of hydrogen-bond donors (Lipinski definition) is 0. The number of thioether (sulfide) groups is 1. The zero-order chi connectivity index (χ0) is 10.1. The molecule has 0 amide bonds. The molecule has 0 saturated carbocycles. The Bertz CT molecular complexity index is 309. The minimum absolute atomic E-state index is 0.580. The van der Waals surface area contributed by atoms with Crippen molar-refractivity contribution >= 4 is 34.4 Å². The topological polar surface area (TPSA) is 0 Å². The third-order valence-electron chi connectivity index (χ3n) is 1.43. The molecule has 0 atom stereocenters. The van der Waals surface area contributed by atoms with Gasteiger partial charge >= 0.3 is 6.18 Å². The van der Waals surface area contributed by atoms with Gasteiger partial charge in [-0.25, -0.2) is 0 Å². The summed E-state index contributed by atoms with van der Waals surface area (Å²) in [6.07, 6.45) is -2.49. The molecular formula is C8H6F3IS. The van der Waals surface area contributed by atoms with E-state index in [-0.39, 0.29) is 0 Å². The maximum atomic E-state index is 12.3. The lowest BCUT2D eigenvalue weighted by Gasteiger charge is -2.08. The first-order valence-corrected chi connectivity index (χ1v) is 5.65. The molecule has 0 fully saturated rings. The SMILES string of the molecule is CSc1cc(I)cc(C(F)(F)F)c1. The van der Waals surface area contributed by atoms with Gasteiger partial charge in [0.1, 0.15) is 0 Å². The van der Waals surface area contributed by atoms with Crippen LogP contribution in [0.2, 0.25) is 0 Å². The zero-order valence-electron chi connectivity index (χ0n) is 6.65. The van der Waals surface area contributed by atoms with Crippen LogP contribution in [0.5, 0.6) is 0 Å². The number of hydrogen-bond acceptors (Lipinski definition) is 1. The van der Waals surface area contributed by atoms with Gasteiger partial charge in [-0.05, 0) is 47.0 Å². The summed E-state index contributed by atoms with van der Waals surface area (Å²) in [6, 6.07) is 4.02. The molecule has 1 rings (SSSR count). The van der Waals surface area contributed by atoms with Gasteiger partial charge in [0.2, 0.25) is 0 Å². The molecule has 1 aromatic rings. The van der Waals surface area contributed by atoms with Gasteiger partial charge in [0.15, 0.2) is 0 Å². The van der Waals surface area contributed by atoms with Gasteiger partial charge < -0.3 is 0 Å². The smallest absolute Gasteiger partial charge is 0.166 e. The Morgan fingerprint density at radius 1 is 1.23 bits per heavy atom. The lowest BCUT2D eigenvalue weighted by atomic mass is 10.2. The molecular weight excluding hydrogens is 312 g/mol. The normalized spacial score (nSPS) is 11.8. The predicted octanol–water partition coefficient (Wildman–Crippen LogP) is 4.03. The standard InChI is InChI=1S/C8H6F3IS/c1-13-7-3-5(8(9,10)11)2-6(12)4-7/h2-4H,1H3. The van der Waals surface area contributed by atoms with E-state index in [9.17, 15) is 13.2 Å². The van der Waals surface area contributed by atoms with Gasteiger partial charge in [-0.15, -0.1) is 11.8 Å². The summed E-state index contributed by atoms with van der Waals surface area (Å²) in [5, 5.41) is 0. The molecule has 0 aliphatic carbocycles. The highest BCUT2D eigenvalue weighted by atomic mass is 127. The van der Waals surface area contributed by atoms with Gasteiger partial charge in [0, 0.05) is 8.47 Å². The zero-order valence-corrected chi connectivity index (χ0v) is 9.63. The van der Waals surface area contributed by atoms with Crippen LogP contribution in [0.3, 0.4) is 0 Å². The van der Waals surface area contributed by atoms with E-state index >= 15 is 0 Å². The summed E-state index contributed by atoms with van der Waals surface area (Å²) in [5.74, 6) is 0. The van der Waals surface area contributed by atoms with Crippen LogP contribution in [0.4, 0.5) is 13.2 Å². The highest BCUT2D eigenvalue weighted by Crippen LogP contribution is 2.32. The second-order valence-electron chi connectivity index (χ2n) is 2.38. The van der Waals surface area contributed by atoms with Gasteiger partial charge in [-0.1, -0.05) is 0 Å². The van der Waals surface area contributed by atoms with Crippen LogP contribution in [-0.4, -0.2) is 6.26 Å². The summed E-state index contributed by atoms with van der Waals surface area (Å²) in [5.41, 5.74) is -0.580. The van der Waals surface area contributed by atoms with E-state index in [1.54, 1.807) is 12.3 Å². The molecule has 0 bridgehead atoms. The molecule has 1 aromatic carbocycles. The van der Waals surface area contributed by atoms with Crippen LogP contribution < -0.4 is 0 Å². The van der Waals surface area contributed by atoms with E-state index in [0.717, 1.165) is 12.1 Å². The first-order valence-electron chi connectivity index (χ1n) is 3.35. The number of alkyl halides is 3. The van der Waals surface area contributed by atoms with E-state index in [1.165, 1.54) is 11.8 Å². The predicted molar refractivity (Wildman–Crippen MR) is 55.9 cm³/mol. The van der Waals surface area contributed by atoms with Crippen molar-refractivity contribution in [3.05, 3.63) is 27.3 Å². The second-order valence-corrected chi connectivity index (χ2v) is 4.50. The summed E-state index contributed by atoms with van der Waals surface area (Å²) >= 11 is 3.19. The highest BCUT2D eigenvalue weighted by Gasteiger charge is 2.30. The third kappa shape index (κ3) is 3.05. The van der Waals surface area contributed by atoms with Crippen molar-refractivity contribution in [2.24, 2.45) is 0 Å². The molecule has 0 unspecified atom stereocenters. The molecule has 5 heteroatoms. The van der Waals surface area contributed by atoms with Gasteiger partial charge in [-0.2, -0.15) is 13.2 Å². The van der Waals surface area contributed by atoms with Gasteiger partial charge in [0.05, 0.1) is 5.56 Å². The van der Waals surface area contributed by atoms with E-state index in [4.69, 9.17) is 0 Å². The monoisotopic (exact) mass is 318 g/mol.